The molecular formula is C55H35N3O. The smallest absolute Gasteiger partial charge is 0.164 e. The molecule has 11 aromatic rings. The van der Waals surface area contributed by atoms with Crippen molar-refractivity contribution < 1.29 is 4.42 Å². The second-order valence-corrected chi connectivity index (χ2v) is 14.7. The molecule has 0 atom stereocenters. The van der Waals surface area contributed by atoms with E-state index in [-0.39, 0.29) is 0 Å². The van der Waals surface area contributed by atoms with E-state index in [0.717, 1.165) is 77.2 Å². The van der Waals surface area contributed by atoms with Gasteiger partial charge >= 0.3 is 0 Å². The minimum atomic E-state index is 0.629. The minimum absolute atomic E-state index is 0.629. The summed E-state index contributed by atoms with van der Waals surface area (Å²) in [5, 5.41) is 4.36. The van der Waals surface area contributed by atoms with Crippen LogP contribution in [-0.2, 0) is 0 Å². The first-order valence-electron chi connectivity index (χ1n) is 19.9. The summed E-state index contributed by atoms with van der Waals surface area (Å²) in [7, 11) is 0. The Balaban J connectivity index is 1.07. The Labute approximate surface area is 341 Å². The predicted molar refractivity (Wildman–Crippen MR) is 243 cm³/mol. The number of hydrogen-bond acceptors (Lipinski definition) is 4. The maximum atomic E-state index is 6.48. The molecule has 11 rings (SSSR count). The van der Waals surface area contributed by atoms with Crippen molar-refractivity contribution in [2.24, 2.45) is 0 Å². The fourth-order valence-corrected chi connectivity index (χ4v) is 8.31. The second kappa shape index (κ2) is 14.5. The molecule has 59 heavy (non-hydrogen) atoms. The van der Waals surface area contributed by atoms with Crippen molar-refractivity contribution >= 4 is 32.7 Å². The Hall–Kier alpha value is -7.95. The molecule has 0 aliphatic heterocycles. The van der Waals surface area contributed by atoms with Crippen LogP contribution in [0.2, 0.25) is 0 Å². The SMILES string of the molecule is c1ccc(-c2ccc(-c3ccc(-c4c(-c5ccc(-c6nc(-c7ccccc7)nc(-c7ccccc7)n6)c6ccccc56)ccc5oc6ccccc6c45)cc3)cc2)cc1. The molecule has 2 aromatic heterocycles. The number of fused-ring (bicyclic) bond motifs is 4. The zero-order valence-electron chi connectivity index (χ0n) is 32.0. The lowest BCUT2D eigenvalue weighted by molar-refractivity contribution is 0.669. The molecule has 4 nitrogen and oxygen atoms in total. The van der Waals surface area contributed by atoms with E-state index in [1.165, 1.54) is 16.7 Å². The van der Waals surface area contributed by atoms with E-state index < -0.39 is 0 Å². The van der Waals surface area contributed by atoms with Crippen LogP contribution in [-0.4, -0.2) is 15.0 Å². The van der Waals surface area contributed by atoms with Crippen LogP contribution in [0.5, 0.6) is 0 Å². The number of benzene rings is 9. The van der Waals surface area contributed by atoms with Crippen LogP contribution >= 0.6 is 0 Å². The van der Waals surface area contributed by atoms with Gasteiger partial charge < -0.3 is 4.42 Å². The van der Waals surface area contributed by atoms with Gasteiger partial charge in [0.05, 0.1) is 0 Å². The monoisotopic (exact) mass is 753 g/mol. The molecule has 0 unspecified atom stereocenters. The molecule has 0 saturated carbocycles. The minimum Gasteiger partial charge on any atom is -0.456 e. The lowest BCUT2D eigenvalue weighted by Gasteiger charge is -2.17. The van der Waals surface area contributed by atoms with Crippen molar-refractivity contribution in [1.29, 1.82) is 0 Å². The molecule has 2 heterocycles. The molecule has 0 saturated heterocycles. The van der Waals surface area contributed by atoms with Crippen molar-refractivity contribution in [3.05, 3.63) is 212 Å². The van der Waals surface area contributed by atoms with E-state index in [9.17, 15) is 0 Å². The van der Waals surface area contributed by atoms with Gasteiger partial charge in [-0.2, -0.15) is 0 Å². The summed E-state index contributed by atoms with van der Waals surface area (Å²) in [6.45, 7) is 0. The lowest BCUT2D eigenvalue weighted by atomic mass is 9.87. The molecular weight excluding hydrogens is 719 g/mol. The number of nitrogens with zero attached hydrogens (tertiary/aromatic N) is 3. The molecule has 0 amide bonds. The third-order valence-corrected chi connectivity index (χ3v) is 11.2. The highest BCUT2D eigenvalue weighted by Gasteiger charge is 2.21. The standard InChI is InChI=1S/C55H35N3O/c1-4-14-36(15-5-1)37-24-26-38(27-25-37)39-28-30-40(31-29-39)51-46(34-35-50-52(51)48-22-12-13-23-49(48)59-50)45-32-33-47(44-21-11-10-20-43(44)45)55-57-53(41-16-6-2-7-17-41)56-54(58-55)42-18-8-3-9-19-42/h1-35H. The summed E-state index contributed by atoms with van der Waals surface area (Å²) < 4.78 is 6.48. The molecule has 4 heteroatoms. The summed E-state index contributed by atoms with van der Waals surface area (Å²) in [5.41, 5.74) is 13.8. The number of aromatic nitrogens is 3. The summed E-state index contributed by atoms with van der Waals surface area (Å²) in [6, 6.07) is 74.1. The third-order valence-electron chi connectivity index (χ3n) is 11.2. The quantitative estimate of drug-likeness (QED) is 0.163. The van der Waals surface area contributed by atoms with Gasteiger partial charge in [0.25, 0.3) is 0 Å². The Bertz CT molecular complexity index is 3230. The van der Waals surface area contributed by atoms with Crippen LogP contribution in [0.3, 0.4) is 0 Å². The Kier molecular flexibility index (Phi) is 8.45. The van der Waals surface area contributed by atoms with E-state index in [2.05, 4.69) is 140 Å². The van der Waals surface area contributed by atoms with Crippen LogP contribution in [0.4, 0.5) is 0 Å². The van der Waals surface area contributed by atoms with Gasteiger partial charge in [-0.3, -0.25) is 0 Å². The van der Waals surface area contributed by atoms with Crippen molar-refractivity contribution in [1.82, 2.24) is 15.0 Å². The molecule has 0 fully saturated rings. The molecule has 0 aliphatic rings. The lowest BCUT2D eigenvalue weighted by Crippen LogP contribution is -2.00. The average Bonchev–Trinajstić information content (AvgIpc) is 3.71. The van der Waals surface area contributed by atoms with Gasteiger partial charge in [0, 0.05) is 33.0 Å². The number of hydrogen-bond donors (Lipinski definition) is 0. The van der Waals surface area contributed by atoms with Crippen LogP contribution in [0, 0.1) is 0 Å². The highest BCUT2D eigenvalue weighted by molar-refractivity contribution is 6.18. The number of furan rings is 1. The van der Waals surface area contributed by atoms with Gasteiger partial charge in [-0.25, -0.2) is 15.0 Å². The largest absolute Gasteiger partial charge is 0.456 e. The van der Waals surface area contributed by atoms with Crippen molar-refractivity contribution in [2.75, 3.05) is 0 Å². The van der Waals surface area contributed by atoms with Gasteiger partial charge in [-0.05, 0) is 74.0 Å². The molecule has 0 N–H and O–H groups in total. The first kappa shape index (κ1) is 34.3. The topological polar surface area (TPSA) is 51.8 Å². The van der Waals surface area contributed by atoms with Crippen molar-refractivity contribution in [2.45, 2.75) is 0 Å². The van der Waals surface area contributed by atoms with Gasteiger partial charge in [0.1, 0.15) is 11.2 Å². The Morgan fingerprint density at radius 1 is 0.254 bits per heavy atom. The summed E-state index contributed by atoms with van der Waals surface area (Å²) in [4.78, 5) is 15.2. The van der Waals surface area contributed by atoms with E-state index in [4.69, 9.17) is 19.4 Å². The van der Waals surface area contributed by atoms with E-state index in [1.54, 1.807) is 0 Å². The maximum absolute atomic E-state index is 6.48. The first-order chi connectivity index (χ1) is 29.2. The van der Waals surface area contributed by atoms with Gasteiger partial charge in [-0.15, -0.1) is 0 Å². The number of rotatable bonds is 7. The van der Waals surface area contributed by atoms with Crippen LogP contribution in [0.25, 0.3) is 111 Å². The summed E-state index contributed by atoms with van der Waals surface area (Å²) >= 11 is 0. The fraction of sp³-hybridized carbons (Fsp3) is 0. The molecule has 9 aromatic carbocycles. The Morgan fingerprint density at radius 3 is 1.24 bits per heavy atom. The predicted octanol–water partition coefficient (Wildman–Crippen LogP) is 14.6. The number of para-hydroxylation sites is 1. The van der Waals surface area contributed by atoms with Crippen molar-refractivity contribution in [3.8, 4) is 78.7 Å². The highest BCUT2D eigenvalue weighted by Crippen LogP contribution is 2.46. The van der Waals surface area contributed by atoms with Crippen LogP contribution in [0.15, 0.2) is 217 Å². The van der Waals surface area contributed by atoms with Crippen LogP contribution < -0.4 is 0 Å². The summed E-state index contributed by atoms with van der Waals surface area (Å²) in [5.74, 6) is 1.90. The van der Waals surface area contributed by atoms with E-state index in [1.807, 2.05) is 72.8 Å². The zero-order valence-corrected chi connectivity index (χ0v) is 32.0. The molecule has 0 spiro atoms. The van der Waals surface area contributed by atoms with E-state index in [0.29, 0.717) is 17.5 Å². The van der Waals surface area contributed by atoms with E-state index >= 15 is 0 Å². The normalized spacial score (nSPS) is 11.4. The zero-order chi connectivity index (χ0) is 39.1. The molecule has 0 aliphatic carbocycles. The van der Waals surface area contributed by atoms with Crippen molar-refractivity contribution in [3.63, 3.8) is 0 Å². The molecule has 276 valence electrons. The fourth-order valence-electron chi connectivity index (χ4n) is 8.31. The summed E-state index contributed by atoms with van der Waals surface area (Å²) in [6.07, 6.45) is 0. The third kappa shape index (κ3) is 6.24. The second-order valence-electron chi connectivity index (χ2n) is 14.7. The highest BCUT2D eigenvalue weighted by atomic mass is 16.3. The molecule has 0 radical (unpaired) electrons. The van der Waals surface area contributed by atoms with Gasteiger partial charge in [0.15, 0.2) is 17.5 Å². The average molecular weight is 754 g/mol. The van der Waals surface area contributed by atoms with Gasteiger partial charge in [0.2, 0.25) is 0 Å². The first-order valence-corrected chi connectivity index (χ1v) is 19.9. The van der Waals surface area contributed by atoms with Gasteiger partial charge in [-0.1, -0.05) is 188 Å². The Morgan fingerprint density at radius 2 is 0.661 bits per heavy atom. The molecule has 0 bridgehead atoms. The maximum Gasteiger partial charge on any atom is 0.164 e. The van der Waals surface area contributed by atoms with Crippen LogP contribution in [0.1, 0.15) is 0 Å².